The molecular weight excluding hydrogens is 394 g/mol. The van der Waals surface area contributed by atoms with Crippen LogP contribution in [0.4, 0.5) is 0 Å². The van der Waals surface area contributed by atoms with Gasteiger partial charge in [0.2, 0.25) is 0 Å². The average molecular weight is 420 g/mol. The van der Waals surface area contributed by atoms with Crippen LogP contribution in [-0.2, 0) is 22.5 Å². The lowest BCUT2D eigenvalue weighted by Gasteiger charge is -2.41. The van der Waals surface area contributed by atoms with E-state index in [2.05, 4.69) is 14.9 Å². The Morgan fingerprint density at radius 3 is 2.79 bits per heavy atom. The first-order chi connectivity index (χ1) is 13.5. The quantitative estimate of drug-likeness (QED) is 0.380. The Labute approximate surface area is 175 Å². The van der Waals surface area contributed by atoms with E-state index in [-0.39, 0.29) is 5.97 Å². The first kappa shape index (κ1) is 21.1. The third-order valence-corrected chi connectivity index (χ3v) is 5.88. The molecule has 1 aromatic heterocycles. The van der Waals surface area contributed by atoms with E-state index in [1.165, 1.54) is 11.8 Å². The van der Waals surface area contributed by atoms with Gasteiger partial charge in [-0.05, 0) is 56.7 Å². The highest BCUT2D eigenvalue weighted by Gasteiger charge is 2.43. The smallest absolute Gasteiger partial charge is 0.313 e. The van der Waals surface area contributed by atoms with Crippen molar-refractivity contribution in [3.8, 4) is 0 Å². The number of carbonyl (C=O) groups excluding carboxylic acids is 1. The zero-order chi connectivity index (χ0) is 20.0. The van der Waals surface area contributed by atoms with E-state index in [1.54, 1.807) is 0 Å². The molecule has 0 spiro atoms. The Morgan fingerprint density at radius 1 is 1.32 bits per heavy atom. The Bertz CT molecular complexity index is 802. The third kappa shape index (κ3) is 5.25. The second-order valence-electron chi connectivity index (χ2n) is 7.20. The molecule has 2 heterocycles. The maximum absolute atomic E-state index is 13.0. The van der Waals surface area contributed by atoms with E-state index >= 15 is 0 Å². The fraction of sp³-hybridized carbons (Fsp3) is 0.476. The van der Waals surface area contributed by atoms with Crippen molar-refractivity contribution in [2.24, 2.45) is 5.41 Å². The lowest BCUT2D eigenvalue weighted by atomic mass is 9.75. The molecule has 1 aliphatic rings. The number of thioether (sulfide) groups is 1. The van der Waals surface area contributed by atoms with Crippen LogP contribution in [0.3, 0.4) is 0 Å². The van der Waals surface area contributed by atoms with Gasteiger partial charge in [-0.3, -0.25) is 9.69 Å². The standard InChI is InChI=1S/C21H26ClN3O2S/c1-3-27-19(26)21(11-16-6-4-7-18(22)10-16)8-5-9-25(15-21)14-17-12-23-20(28-2)24-13-17/h4,6-7,10,12-13H,3,5,8-9,11,14-15H2,1-2H3/t21-/m1/s1. The van der Waals surface area contributed by atoms with Gasteiger partial charge in [0.1, 0.15) is 0 Å². The second kappa shape index (κ2) is 9.72. The molecule has 7 heteroatoms. The summed E-state index contributed by atoms with van der Waals surface area (Å²) in [6, 6.07) is 7.76. The monoisotopic (exact) mass is 419 g/mol. The van der Waals surface area contributed by atoms with Gasteiger partial charge < -0.3 is 4.74 Å². The van der Waals surface area contributed by atoms with Gasteiger partial charge in [-0.25, -0.2) is 9.97 Å². The van der Waals surface area contributed by atoms with Crippen molar-refractivity contribution in [1.29, 1.82) is 0 Å². The van der Waals surface area contributed by atoms with Crippen LogP contribution in [0, 0.1) is 5.41 Å². The van der Waals surface area contributed by atoms with E-state index < -0.39 is 5.41 Å². The zero-order valence-corrected chi connectivity index (χ0v) is 17.9. The molecule has 0 N–H and O–H groups in total. The Balaban J connectivity index is 1.79. The van der Waals surface area contributed by atoms with Crippen LogP contribution in [0.5, 0.6) is 0 Å². The number of hydrogen-bond acceptors (Lipinski definition) is 6. The summed E-state index contributed by atoms with van der Waals surface area (Å²) in [6.45, 7) is 4.57. The van der Waals surface area contributed by atoms with Crippen molar-refractivity contribution in [1.82, 2.24) is 14.9 Å². The zero-order valence-electron chi connectivity index (χ0n) is 16.4. The number of benzene rings is 1. The van der Waals surface area contributed by atoms with E-state index in [0.29, 0.717) is 24.6 Å². The Kier molecular flexibility index (Phi) is 7.32. The topological polar surface area (TPSA) is 55.3 Å². The second-order valence-corrected chi connectivity index (χ2v) is 8.41. The molecule has 5 nitrogen and oxygen atoms in total. The summed E-state index contributed by atoms with van der Waals surface area (Å²) in [5.74, 6) is -0.117. The third-order valence-electron chi connectivity index (χ3n) is 5.07. The van der Waals surface area contributed by atoms with E-state index in [0.717, 1.165) is 42.2 Å². The van der Waals surface area contributed by atoms with Crippen LogP contribution in [0.1, 0.15) is 30.9 Å². The molecule has 1 fully saturated rings. The van der Waals surface area contributed by atoms with Crippen LogP contribution < -0.4 is 0 Å². The van der Waals surface area contributed by atoms with Gasteiger partial charge in [-0.15, -0.1) is 0 Å². The maximum Gasteiger partial charge on any atom is 0.313 e. The normalized spacial score (nSPS) is 20.1. The number of ether oxygens (including phenoxy) is 1. The molecule has 3 rings (SSSR count). The van der Waals surface area contributed by atoms with E-state index in [9.17, 15) is 4.79 Å². The number of halogens is 1. The first-order valence-corrected chi connectivity index (χ1v) is 11.1. The lowest BCUT2D eigenvalue weighted by Crippen LogP contribution is -2.49. The molecule has 0 aliphatic carbocycles. The fourth-order valence-corrected chi connectivity index (χ4v) is 4.38. The van der Waals surface area contributed by atoms with Gasteiger partial charge in [0.25, 0.3) is 0 Å². The Hall–Kier alpha value is -1.63. The van der Waals surface area contributed by atoms with Gasteiger partial charge >= 0.3 is 5.97 Å². The van der Waals surface area contributed by atoms with Crippen molar-refractivity contribution in [3.05, 3.63) is 52.8 Å². The number of carbonyl (C=O) groups is 1. The van der Waals surface area contributed by atoms with Crippen molar-refractivity contribution in [3.63, 3.8) is 0 Å². The highest BCUT2D eigenvalue weighted by atomic mass is 35.5. The van der Waals surface area contributed by atoms with Crippen molar-refractivity contribution >= 4 is 29.3 Å². The Morgan fingerprint density at radius 2 is 2.11 bits per heavy atom. The van der Waals surface area contributed by atoms with Gasteiger partial charge in [0.15, 0.2) is 5.16 Å². The summed E-state index contributed by atoms with van der Waals surface area (Å²) in [6.07, 6.45) is 8.10. The molecule has 1 atom stereocenters. The summed E-state index contributed by atoms with van der Waals surface area (Å²) >= 11 is 7.69. The molecule has 0 amide bonds. The molecule has 1 aliphatic heterocycles. The molecule has 28 heavy (non-hydrogen) atoms. The largest absolute Gasteiger partial charge is 0.466 e. The van der Waals surface area contributed by atoms with Crippen molar-refractivity contribution in [2.75, 3.05) is 26.0 Å². The number of likely N-dealkylation sites (tertiary alicyclic amines) is 1. The average Bonchev–Trinajstić information content (AvgIpc) is 2.69. The number of hydrogen-bond donors (Lipinski definition) is 0. The molecular formula is C21H26ClN3O2S. The van der Waals surface area contributed by atoms with Crippen LogP contribution in [-0.4, -0.2) is 46.8 Å². The minimum Gasteiger partial charge on any atom is -0.466 e. The summed E-state index contributed by atoms with van der Waals surface area (Å²) in [5.41, 5.74) is 1.56. The summed E-state index contributed by atoms with van der Waals surface area (Å²) in [7, 11) is 0. The summed E-state index contributed by atoms with van der Waals surface area (Å²) in [5, 5.41) is 1.46. The van der Waals surface area contributed by atoms with Gasteiger partial charge in [0, 0.05) is 36.1 Å². The number of nitrogens with zero attached hydrogens (tertiary/aromatic N) is 3. The van der Waals surface area contributed by atoms with E-state index in [1.807, 2.05) is 49.8 Å². The molecule has 2 aromatic rings. The van der Waals surface area contributed by atoms with Gasteiger partial charge in [-0.1, -0.05) is 35.5 Å². The number of aromatic nitrogens is 2. The minimum absolute atomic E-state index is 0.117. The van der Waals surface area contributed by atoms with Crippen molar-refractivity contribution < 1.29 is 9.53 Å². The molecule has 0 saturated carbocycles. The molecule has 150 valence electrons. The van der Waals surface area contributed by atoms with Crippen molar-refractivity contribution in [2.45, 2.75) is 37.9 Å². The minimum atomic E-state index is -0.557. The lowest BCUT2D eigenvalue weighted by molar-refractivity contribution is -0.159. The van der Waals surface area contributed by atoms with Crippen LogP contribution in [0.15, 0.2) is 41.8 Å². The molecule has 0 unspecified atom stereocenters. The SMILES string of the molecule is CCOC(=O)[C@@]1(Cc2cccc(Cl)c2)CCCN(Cc2cnc(SC)nc2)C1. The van der Waals surface area contributed by atoms with Crippen LogP contribution >= 0.6 is 23.4 Å². The summed E-state index contributed by atoms with van der Waals surface area (Å²) < 4.78 is 5.49. The predicted octanol–water partition coefficient (Wildman–Crippen LogP) is 4.24. The summed E-state index contributed by atoms with van der Waals surface area (Å²) in [4.78, 5) is 24.0. The predicted molar refractivity (Wildman–Crippen MR) is 113 cm³/mol. The number of rotatable bonds is 7. The number of esters is 1. The van der Waals surface area contributed by atoms with E-state index in [4.69, 9.17) is 16.3 Å². The first-order valence-electron chi connectivity index (χ1n) is 9.53. The highest BCUT2D eigenvalue weighted by Crippen LogP contribution is 2.36. The highest BCUT2D eigenvalue weighted by molar-refractivity contribution is 7.98. The van der Waals surface area contributed by atoms with Crippen LogP contribution in [0.2, 0.25) is 5.02 Å². The molecule has 0 radical (unpaired) electrons. The number of piperidine rings is 1. The molecule has 0 bridgehead atoms. The maximum atomic E-state index is 13.0. The van der Waals surface area contributed by atoms with Crippen LogP contribution in [0.25, 0.3) is 0 Å². The van der Waals surface area contributed by atoms with Gasteiger partial charge in [-0.2, -0.15) is 0 Å². The fourth-order valence-electron chi connectivity index (χ4n) is 3.86. The molecule has 1 saturated heterocycles. The molecule has 1 aromatic carbocycles. The van der Waals surface area contributed by atoms with Gasteiger partial charge in [0.05, 0.1) is 12.0 Å².